The van der Waals surface area contributed by atoms with E-state index in [-0.39, 0.29) is 5.78 Å². The Hall–Kier alpha value is -0.890. The van der Waals surface area contributed by atoms with Crippen molar-refractivity contribution < 1.29 is 4.79 Å². The number of carbonyl (C=O) groups is 1. The molecule has 78 valence electrons. The highest BCUT2D eigenvalue weighted by Crippen LogP contribution is 2.15. The Morgan fingerprint density at radius 2 is 2.33 bits per heavy atom. The molecule has 1 aromatic rings. The zero-order valence-corrected chi connectivity index (χ0v) is 10.7. The van der Waals surface area contributed by atoms with Gasteiger partial charge >= 0.3 is 0 Å². The van der Waals surface area contributed by atoms with Crippen LogP contribution in [0.2, 0.25) is 0 Å². The minimum atomic E-state index is -0.492. The van der Waals surface area contributed by atoms with Gasteiger partial charge in [0.25, 0.3) is 0 Å². The smallest absolute Gasteiger partial charge is 0.180 e. The van der Waals surface area contributed by atoms with Gasteiger partial charge in [-0.25, -0.2) is 0 Å². The molecule has 1 rings (SSSR count). The first-order chi connectivity index (χ1) is 7.19. The van der Waals surface area contributed by atoms with Crippen molar-refractivity contribution >= 4 is 28.4 Å². The highest BCUT2D eigenvalue weighted by Gasteiger charge is 2.18. The normalized spacial score (nSPS) is 11.8. The lowest BCUT2D eigenvalue weighted by Crippen LogP contribution is -2.12. The summed E-state index contributed by atoms with van der Waals surface area (Å²) >= 11 is 2.16. The fraction of sp³-hybridized carbons (Fsp3) is 0.333. The molecular weight excluding hydrogens is 301 g/mol. The summed E-state index contributed by atoms with van der Waals surface area (Å²) in [4.78, 5) is 11.9. The van der Waals surface area contributed by atoms with E-state index < -0.39 is 5.92 Å². The summed E-state index contributed by atoms with van der Waals surface area (Å²) in [5.41, 5.74) is 0.641. The second-order valence-corrected chi connectivity index (χ2v) is 4.59. The molecular formula is C12H12INO. The number of hydrogen-bond donors (Lipinski definition) is 0. The van der Waals surface area contributed by atoms with E-state index >= 15 is 0 Å². The Morgan fingerprint density at radius 3 is 2.87 bits per heavy atom. The van der Waals surface area contributed by atoms with E-state index in [0.717, 1.165) is 9.99 Å². The molecule has 2 nitrogen and oxygen atoms in total. The molecule has 1 aromatic carbocycles. The van der Waals surface area contributed by atoms with Gasteiger partial charge in [0.05, 0.1) is 6.07 Å². The van der Waals surface area contributed by atoms with Crippen molar-refractivity contribution in [2.24, 2.45) is 5.92 Å². The molecule has 0 saturated carbocycles. The molecule has 0 N–H and O–H groups in total. The fourth-order valence-electron chi connectivity index (χ4n) is 1.39. The van der Waals surface area contributed by atoms with Crippen molar-refractivity contribution in [1.82, 2.24) is 0 Å². The molecule has 0 aliphatic rings. The van der Waals surface area contributed by atoms with Crippen LogP contribution in [0.25, 0.3) is 0 Å². The maximum absolute atomic E-state index is 11.9. The van der Waals surface area contributed by atoms with Crippen LogP contribution in [0.4, 0.5) is 0 Å². The average Bonchev–Trinajstić information content (AvgIpc) is 2.25. The first kappa shape index (κ1) is 12.2. The van der Waals surface area contributed by atoms with Gasteiger partial charge in [-0.1, -0.05) is 25.5 Å². The van der Waals surface area contributed by atoms with Gasteiger partial charge in [0.2, 0.25) is 0 Å². The number of benzene rings is 1. The molecule has 15 heavy (non-hydrogen) atoms. The van der Waals surface area contributed by atoms with Crippen molar-refractivity contribution in [3.05, 3.63) is 33.4 Å². The third kappa shape index (κ3) is 3.31. The number of ketones is 1. The van der Waals surface area contributed by atoms with Crippen LogP contribution in [0.5, 0.6) is 0 Å². The second kappa shape index (κ2) is 5.86. The predicted octanol–water partition coefficient (Wildman–Crippen LogP) is 3.41. The monoisotopic (exact) mass is 313 g/mol. The highest BCUT2D eigenvalue weighted by molar-refractivity contribution is 14.1. The van der Waals surface area contributed by atoms with E-state index in [1.54, 1.807) is 6.07 Å². The number of hydrogen-bond acceptors (Lipinski definition) is 2. The zero-order valence-electron chi connectivity index (χ0n) is 8.53. The van der Waals surface area contributed by atoms with E-state index in [2.05, 4.69) is 28.7 Å². The van der Waals surface area contributed by atoms with Gasteiger partial charge in [0, 0.05) is 9.13 Å². The molecule has 0 amide bonds. The molecule has 0 aliphatic carbocycles. The first-order valence-electron chi connectivity index (χ1n) is 4.88. The van der Waals surface area contributed by atoms with Crippen molar-refractivity contribution in [2.45, 2.75) is 19.8 Å². The van der Waals surface area contributed by atoms with Gasteiger partial charge in [-0.2, -0.15) is 5.26 Å². The van der Waals surface area contributed by atoms with Crippen molar-refractivity contribution in [3.63, 3.8) is 0 Å². The summed E-state index contributed by atoms with van der Waals surface area (Å²) in [6.07, 6.45) is 1.49. The van der Waals surface area contributed by atoms with Crippen LogP contribution in [0, 0.1) is 20.8 Å². The zero-order chi connectivity index (χ0) is 11.3. The fourth-order valence-corrected chi connectivity index (χ4v) is 1.93. The van der Waals surface area contributed by atoms with E-state index in [9.17, 15) is 4.79 Å². The Morgan fingerprint density at radius 1 is 1.60 bits per heavy atom. The standard InChI is InChI=1S/C12H12INO/c1-2-4-10(8-14)12(15)9-5-3-6-11(13)7-9/h3,5-7,10H,2,4H2,1H3. The third-order valence-electron chi connectivity index (χ3n) is 2.16. The lowest BCUT2D eigenvalue weighted by atomic mass is 9.95. The van der Waals surface area contributed by atoms with Crippen LogP contribution < -0.4 is 0 Å². The van der Waals surface area contributed by atoms with Gasteiger partial charge in [0.1, 0.15) is 5.92 Å². The predicted molar refractivity (Wildman–Crippen MR) is 67.5 cm³/mol. The average molecular weight is 313 g/mol. The first-order valence-corrected chi connectivity index (χ1v) is 5.96. The largest absolute Gasteiger partial charge is 0.293 e. The maximum atomic E-state index is 11.9. The summed E-state index contributed by atoms with van der Waals surface area (Å²) in [7, 11) is 0. The van der Waals surface area contributed by atoms with Crippen LogP contribution >= 0.6 is 22.6 Å². The second-order valence-electron chi connectivity index (χ2n) is 3.34. The van der Waals surface area contributed by atoms with Crippen molar-refractivity contribution in [3.8, 4) is 6.07 Å². The summed E-state index contributed by atoms with van der Waals surface area (Å²) in [6.45, 7) is 1.98. The van der Waals surface area contributed by atoms with Crippen molar-refractivity contribution in [2.75, 3.05) is 0 Å². The maximum Gasteiger partial charge on any atom is 0.180 e. The topological polar surface area (TPSA) is 40.9 Å². The Kier molecular flexibility index (Phi) is 4.76. The highest BCUT2D eigenvalue weighted by atomic mass is 127. The molecule has 1 atom stereocenters. The van der Waals surface area contributed by atoms with Crippen LogP contribution in [0.15, 0.2) is 24.3 Å². The van der Waals surface area contributed by atoms with Crippen LogP contribution in [-0.2, 0) is 0 Å². The molecule has 0 bridgehead atoms. The van der Waals surface area contributed by atoms with Gasteiger partial charge in [-0.3, -0.25) is 4.79 Å². The van der Waals surface area contributed by atoms with Gasteiger partial charge in [-0.05, 0) is 41.1 Å². The van der Waals surface area contributed by atoms with E-state index in [1.165, 1.54) is 0 Å². The quantitative estimate of drug-likeness (QED) is 0.631. The van der Waals surface area contributed by atoms with E-state index in [4.69, 9.17) is 5.26 Å². The molecule has 0 aromatic heterocycles. The minimum absolute atomic E-state index is 0.0575. The summed E-state index contributed by atoms with van der Waals surface area (Å²) < 4.78 is 1.02. The molecule has 3 heteroatoms. The summed E-state index contributed by atoms with van der Waals surface area (Å²) in [5, 5.41) is 8.89. The number of nitrogens with zero attached hydrogens (tertiary/aromatic N) is 1. The van der Waals surface area contributed by atoms with Crippen LogP contribution in [-0.4, -0.2) is 5.78 Å². The lowest BCUT2D eigenvalue weighted by molar-refractivity contribution is 0.0943. The molecule has 0 fully saturated rings. The third-order valence-corrected chi connectivity index (χ3v) is 2.83. The van der Waals surface area contributed by atoms with E-state index in [1.807, 2.05) is 25.1 Å². The Bertz CT molecular complexity index is 395. The molecule has 0 spiro atoms. The van der Waals surface area contributed by atoms with Gasteiger partial charge in [0.15, 0.2) is 5.78 Å². The number of halogens is 1. The SMILES string of the molecule is CCCC(C#N)C(=O)c1cccc(I)c1. The van der Waals surface area contributed by atoms with Crippen molar-refractivity contribution in [1.29, 1.82) is 5.26 Å². The number of nitriles is 1. The van der Waals surface area contributed by atoms with Gasteiger partial charge < -0.3 is 0 Å². The molecule has 0 radical (unpaired) electrons. The molecule has 0 saturated heterocycles. The number of rotatable bonds is 4. The summed E-state index contributed by atoms with van der Waals surface area (Å²) in [6, 6.07) is 9.43. The lowest BCUT2D eigenvalue weighted by Gasteiger charge is -2.06. The van der Waals surface area contributed by atoms with Crippen LogP contribution in [0.1, 0.15) is 30.1 Å². The van der Waals surface area contributed by atoms with Crippen LogP contribution in [0.3, 0.4) is 0 Å². The molecule has 0 heterocycles. The molecule has 0 aliphatic heterocycles. The Balaban J connectivity index is 2.89. The minimum Gasteiger partial charge on any atom is -0.293 e. The Labute approximate surface area is 103 Å². The number of carbonyl (C=O) groups excluding carboxylic acids is 1. The van der Waals surface area contributed by atoms with E-state index in [0.29, 0.717) is 12.0 Å². The number of Topliss-reactive ketones (excluding diaryl/α,β-unsaturated/α-hetero) is 1. The molecule has 1 unspecified atom stereocenters. The summed E-state index contributed by atoms with van der Waals surface area (Å²) in [5.74, 6) is -0.550. The van der Waals surface area contributed by atoms with Gasteiger partial charge in [-0.15, -0.1) is 0 Å².